The summed E-state index contributed by atoms with van der Waals surface area (Å²) < 4.78 is 0. The summed E-state index contributed by atoms with van der Waals surface area (Å²) in [5.41, 5.74) is 2.15. The molecule has 0 saturated carbocycles. The van der Waals surface area contributed by atoms with Gasteiger partial charge in [0.2, 0.25) is 0 Å². The molecule has 0 fully saturated rings. The second-order valence-electron chi connectivity index (χ2n) is 3.61. The molecule has 80 valence electrons. The summed E-state index contributed by atoms with van der Waals surface area (Å²) in [4.78, 5) is 10.9. The van der Waals surface area contributed by atoms with Crippen LogP contribution in [-0.4, -0.2) is 5.97 Å². The molecular weight excluding hydrogens is 200 g/mol. The van der Waals surface area contributed by atoms with Crippen molar-refractivity contribution >= 4 is 5.97 Å². The van der Waals surface area contributed by atoms with Crippen molar-refractivity contribution in [1.29, 1.82) is 0 Å². The molecular formula is C14H11O2-. The van der Waals surface area contributed by atoms with E-state index in [-0.39, 0.29) is 5.56 Å². The van der Waals surface area contributed by atoms with E-state index in [9.17, 15) is 9.90 Å². The number of carboxylic acid groups (broad SMARTS) is 1. The second kappa shape index (κ2) is 4.62. The molecule has 0 heterocycles. The lowest BCUT2D eigenvalue weighted by atomic mass is 10.00. The fourth-order valence-corrected chi connectivity index (χ4v) is 1.69. The number of hydrogen-bond donors (Lipinski definition) is 0. The summed E-state index contributed by atoms with van der Waals surface area (Å²) >= 11 is 0. The third-order valence-electron chi connectivity index (χ3n) is 2.47. The molecule has 0 atom stereocenters. The van der Waals surface area contributed by atoms with E-state index in [0.29, 0.717) is 6.42 Å². The molecule has 0 radical (unpaired) electrons. The number of carboxylic acids is 1. The molecule has 0 amide bonds. The van der Waals surface area contributed by atoms with Gasteiger partial charge in [0.25, 0.3) is 0 Å². The molecule has 0 aliphatic heterocycles. The molecule has 0 N–H and O–H groups in total. The Hall–Kier alpha value is -2.09. The van der Waals surface area contributed by atoms with Crippen molar-refractivity contribution in [3.05, 3.63) is 71.3 Å². The van der Waals surface area contributed by atoms with Crippen LogP contribution in [0.4, 0.5) is 0 Å². The minimum atomic E-state index is -1.12. The van der Waals surface area contributed by atoms with Crippen LogP contribution in [0.2, 0.25) is 0 Å². The molecule has 0 aliphatic carbocycles. The Morgan fingerprint density at radius 1 is 0.938 bits per heavy atom. The van der Waals surface area contributed by atoms with Crippen LogP contribution in [0.1, 0.15) is 21.5 Å². The van der Waals surface area contributed by atoms with Gasteiger partial charge >= 0.3 is 0 Å². The molecule has 2 aromatic rings. The molecule has 2 aromatic carbocycles. The lowest BCUT2D eigenvalue weighted by molar-refractivity contribution is -0.255. The van der Waals surface area contributed by atoms with Gasteiger partial charge in [0.1, 0.15) is 0 Å². The number of carbonyl (C=O) groups is 1. The third-order valence-corrected chi connectivity index (χ3v) is 2.47. The van der Waals surface area contributed by atoms with Crippen molar-refractivity contribution in [1.82, 2.24) is 0 Å². The lowest BCUT2D eigenvalue weighted by Gasteiger charge is -2.09. The van der Waals surface area contributed by atoms with E-state index in [1.165, 1.54) is 0 Å². The molecule has 0 aliphatic rings. The van der Waals surface area contributed by atoms with Gasteiger partial charge in [0.15, 0.2) is 0 Å². The van der Waals surface area contributed by atoms with E-state index in [4.69, 9.17) is 0 Å². The maximum Gasteiger partial charge on any atom is 0.0718 e. The van der Waals surface area contributed by atoms with Crippen molar-refractivity contribution in [2.75, 3.05) is 0 Å². The first-order valence-corrected chi connectivity index (χ1v) is 5.10. The van der Waals surface area contributed by atoms with Crippen molar-refractivity contribution in [3.8, 4) is 0 Å². The maximum absolute atomic E-state index is 10.9. The smallest absolute Gasteiger partial charge is 0.0718 e. The van der Waals surface area contributed by atoms with E-state index in [2.05, 4.69) is 0 Å². The highest BCUT2D eigenvalue weighted by molar-refractivity contribution is 5.87. The molecule has 0 bridgehead atoms. The van der Waals surface area contributed by atoms with Crippen molar-refractivity contribution < 1.29 is 9.90 Å². The number of carbonyl (C=O) groups excluding carboxylic acids is 1. The summed E-state index contributed by atoms with van der Waals surface area (Å²) in [5.74, 6) is -1.12. The van der Waals surface area contributed by atoms with Crippen molar-refractivity contribution in [2.45, 2.75) is 6.42 Å². The Labute approximate surface area is 94.2 Å². The zero-order valence-electron chi connectivity index (χ0n) is 8.72. The molecule has 0 unspecified atom stereocenters. The van der Waals surface area contributed by atoms with E-state index < -0.39 is 5.97 Å². The van der Waals surface area contributed by atoms with Gasteiger partial charge in [-0.15, -0.1) is 0 Å². The summed E-state index contributed by atoms with van der Waals surface area (Å²) in [6, 6.07) is 16.7. The topological polar surface area (TPSA) is 40.1 Å². The van der Waals surface area contributed by atoms with E-state index in [0.717, 1.165) is 11.1 Å². The first kappa shape index (κ1) is 10.4. The Balaban J connectivity index is 2.31. The monoisotopic (exact) mass is 211 g/mol. The van der Waals surface area contributed by atoms with Gasteiger partial charge in [0, 0.05) is 5.56 Å². The van der Waals surface area contributed by atoms with Crippen LogP contribution in [0.3, 0.4) is 0 Å². The van der Waals surface area contributed by atoms with Crippen LogP contribution in [-0.2, 0) is 6.42 Å². The third kappa shape index (κ3) is 2.28. The number of hydrogen-bond acceptors (Lipinski definition) is 2. The highest BCUT2D eigenvalue weighted by Gasteiger charge is 2.02. The minimum Gasteiger partial charge on any atom is -0.545 e. The summed E-state index contributed by atoms with van der Waals surface area (Å²) in [6.07, 6.45) is 0.616. The summed E-state index contributed by atoms with van der Waals surface area (Å²) in [6.45, 7) is 0. The zero-order valence-corrected chi connectivity index (χ0v) is 8.72. The first-order chi connectivity index (χ1) is 7.77. The van der Waals surface area contributed by atoms with Gasteiger partial charge in [-0.3, -0.25) is 0 Å². The first-order valence-electron chi connectivity index (χ1n) is 5.10. The predicted octanol–water partition coefficient (Wildman–Crippen LogP) is 1.64. The molecule has 2 heteroatoms. The minimum absolute atomic E-state index is 0.270. The van der Waals surface area contributed by atoms with Gasteiger partial charge in [-0.25, -0.2) is 0 Å². The van der Waals surface area contributed by atoms with Crippen LogP contribution in [0.25, 0.3) is 0 Å². The van der Waals surface area contributed by atoms with E-state index in [1.807, 2.05) is 42.5 Å². The summed E-state index contributed by atoms with van der Waals surface area (Å²) in [5, 5.41) is 10.9. The van der Waals surface area contributed by atoms with Crippen LogP contribution < -0.4 is 5.11 Å². The Kier molecular flexibility index (Phi) is 3.01. The quantitative estimate of drug-likeness (QED) is 0.774. The molecule has 16 heavy (non-hydrogen) atoms. The molecule has 0 spiro atoms. The standard InChI is InChI=1S/C14H12O2/c15-14(16)13-9-5-4-8-12(13)10-11-6-2-1-3-7-11/h1-9H,10H2,(H,15,16)/p-1. The van der Waals surface area contributed by atoms with Crippen LogP contribution in [0, 0.1) is 0 Å². The number of rotatable bonds is 3. The predicted molar refractivity (Wildman–Crippen MR) is 60.0 cm³/mol. The van der Waals surface area contributed by atoms with Crippen molar-refractivity contribution in [2.24, 2.45) is 0 Å². The average Bonchev–Trinajstić information content (AvgIpc) is 2.31. The number of benzene rings is 2. The zero-order chi connectivity index (χ0) is 11.4. The van der Waals surface area contributed by atoms with Crippen molar-refractivity contribution in [3.63, 3.8) is 0 Å². The molecule has 0 aromatic heterocycles. The van der Waals surface area contributed by atoms with Crippen LogP contribution >= 0.6 is 0 Å². The summed E-state index contributed by atoms with van der Waals surface area (Å²) in [7, 11) is 0. The van der Waals surface area contributed by atoms with Gasteiger partial charge in [-0.1, -0.05) is 54.6 Å². The molecule has 2 nitrogen and oxygen atoms in total. The largest absolute Gasteiger partial charge is 0.545 e. The Morgan fingerprint density at radius 3 is 2.25 bits per heavy atom. The number of aromatic carboxylic acids is 1. The Bertz CT molecular complexity index is 489. The van der Waals surface area contributed by atoms with Crippen LogP contribution in [0.5, 0.6) is 0 Å². The normalized spacial score (nSPS) is 10.0. The van der Waals surface area contributed by atoms with Gasteiger partial charge in [-0.05, 0) is 17.5 Å². The fraction of sp³-hybridized carbons (Fsp3) is 0.0714. The van der Waals surface area contributed by atoms with Crippen LogP contribution in [0.15, 0.2) is 54.6 Å². The molecule has 2 rings (SSSR count). The maximum atomic E-state index is 10.9. The fourth-order valence-electron chi connectivity index (χ4n) is 1.69. The Morgan fingerprint density at radius 2 is 1.56 bits per heavy atom. The average molecular weight is 211 g/mol. The molecule has 0 saturated heterocycles. The highest BCUT2D eigenvalue weighted by atomic mass is 16.4. The SMILES string of the molecule is O=C([O-])c1ccccc1Cc1ccccc1. The van der Waals surface area contributed by atoms with Gasteiger partial charge in [0.05, 0.1) is 5.97 Å². The lowest BCUT2D eigenvalue weighted by Crippen LogP contribution is -2.23. The second-order valence-corrected chi connectivity index (χ2v) is 3.61. The van der Waals surface area contributed by atoms with E-state index >= 15 is 0 Å². The highest BCUT2D eigenvalue weighted by Crippen LogP contribution is 2.13. The van der Waals surface area contributed by atoms with Gasteiger partial charge in [-0.2, -0.15) is 0 Å². The van der Waals surface area contributed by atoms with E-state index in [1.54, 1.807) is 12.1 Å². The van der Waals surface area contributed by atoms with Gasteiger partial charge < -0.3 is 9.90 Å².